The van der Waals surface area contributed by atoms with Crippen LogP contribution in [0.15, 0.2) is 0 Å². The lowest BCUT2D eigenvalue weighted by molar-refractivity contribution is 0.0750. The zero-order valence-corrected chi connectivity index (χ0v) is 14.4. The fourth-order valence-corrected chi connectivity index (χ4v) is 4.53. The Labute approximate surface area is 131 Å². The first-order valence-electron chi connectivity index (χ1n) is 9.10. The van der Waals surface area contributed by atoms with Gasteiger partial charge in [-0.1, -0.05) is 20.8 Å². The zero-order chi connectivity index (χ0) is 15.3. The van der Waals surface area contributed by atoms with E-state index in [0.717, 1.165) is 24.8 Å². The van der Waals surface area contributed by atoms with Gasteiger partial charge in [0.05, 0.1) is 0 Å². The van der Waals surface area contributed by atoms with Crippen molar-refractivity contribution in [2.24, 2.45) is 17.3 Å². The zero-order valence-electron chi connectivity index (χ0n) is 14.4. The number of likely N-dealkylation sites (tertiary alicyclic amines) is 1. The molecule has 3 heteroatoms. The van der Waals surface area contributed by atoms with E-state index in [0.29, 0.717) is 18.1 Å². The first-order valence-corrected chi connectivity index (χ1v) is 9.10. The van der Waals surface area contributed by atoms with Gasteiger partial charge in [-0.05, 0) is 68.9 Å². The Balaban J connectivity index is 1.90. The van der Waals surface area contributed by atoms with Gasteiger partial charge in [0, 0.05) is 25.7 Å². The van der Waals surface area contributed by atoms with Crippen molar-refractivity contribution in [1.29, 1.82) is 0 Å². The molecule has 3 nitrogen and oxygen atoms in total. The minimum absolute atomic E-state index is 0.356. The van der Waals surface area contributed by atoms with Gasteiger partial charge in [-0.15, -0.1) is 0 Å². The van der Waals surface area contributed by atoms with Crippen molar-refractivity contribution < 1.29 is 5.11 Å². The van der Waals surface area contributed by atoms with Crippen LogP contribution in [0.4, 0.5) is 0 Å². The van der Waals surface area contributed by atoms with Gasteiger partial charge in [0.15, 0.2) is 0 Å². The van der Waals surface area contributed by atoms with E-state index in [2.05, 4.69) is 31.0 Å². The van der Waals surface area contributed by atoms with E-state index in [1.807, 2.05) is 0 Å². The van der Waals surface area contributed by atoms with Crippen molar-refractivity contribution in [3.63, 3.8) is 0 Å². The molecule has 3 unspecified atom stereocenters. The maximum atomic E-state index is 9.18. The van der Waals surface area contributed by atoms with Gasteiger partial charge in [0.1, 0.15) is 0 Å². The van der Waals surface area contributed by atoms with Gasteiger partial charge in [-0.3, -0.25) is 0 Å². The minimum Gasteiger partial charge on any atom is -0.396 e. The summed E-state index contributed by atoms with van der Waals surface area (Å²) >= 11 is 0. The second-order valence-corrected chi connectivity index (χ2v) is 8.11. The number of nitrogens with zero attached hydrogens (tertiary/aromatic N) is 1. The Bertz CT molecular complexity index is 304. The lowest BCUT2D eigenvalue weighted by Crippen LogP contribution is -2.49. The predicted molar refractivity (Wildman–Crippen MR) is 89.5 cm³/mol. The van der Waals surface area contributed by atoms with E-state index in [9.17, 15) is 5.11 Å². The van der Waals surface area contributed by atoms with E-state index in [-0.39, 0.29) is 0 Å². The molecule has 3 atom stereocenters. The van der Waals surface area contributed by atoms with E-state index in [4.69, 9.17) is 0 Å². The molecule has 1 aliphatic heterocycles. The lowest BCUT2D eigenvalue weighted by atomic mass is 9.69. The van der Waals surface area contributed by atoms with E-state index < -0.39 is 0 Å². The summed E-state index contributed by atoms with van der Waals surface area (Å²) in [5, 5.41) is 12.9. The molecule has 1 heterocycles. The van der Waals surface area contributed by atoms with E-state index in [1.165, 1.54) is 51.7 Å². The number of hydrogen-bond acceptors (Lipinski definition) is 3. The SMILES string of the molecule is CCNC1CCC(C)(C)CC1CN1CCCC(CCO)C1. The number of rotatable bonds is 6. The van der Waals surface area contributed by atoms with Crippen LogP contribution in [0.5, 0.6) is 0 Å². The van der Waals surface area contributed by atoms with Gasteiger partial charge in [-0.2, -0.15) is 0 Å². The fraction of sp³-hybridized carbons (Fsp3) is 1.00. The summed E-state index contributed by atoms with van der Waals surface area (Å²) in [4.78, 5) is 2.68. The van der Waals surface area contributed by atoms with Crippen LogP contribution in [0.3, 0.4) is 0 Å². The summed E-state index contributed by atoms with van der Waals surface area (Å²) in [7, 11) is 0. The van der Waals surface area contributed by atoms with Crippen LogP contribution in [0, 0.1) is 17.3 Å². The molecule has 1 aliphatic carbocycles. The summed E-state index contributed by atoms with van der Waals surface area (Å²) < 4.78 is 0. The van der Waals surface area contributed by atoms with Gasteiger partial charge in [0.25, 0.3) is 0 Å². The molecule has 2 fully saturated rings. The number of aliphatic hydroxyl groups is 1. The summed E-state index contributed by atoms with van der Waals surface area (Å²) in [5.41, 5.74) is 0.511. The van der Waals surface area contributed by atoms with E-state index >= 15 is 0 Å². The highest BCUT2D eigenvalue weighted by atomic mass is 16.3. The minimum atomic E-state index is 0.356. The van der Waals surface area contributed by atoms with Gasteiger partial charge in [0.2, 0.25) is 0 Å². The van der Waals surface area contributed by atoms with Crippen molar-refractivity contribution >= 4 is 0 Å². The molecule has 0 spiro atoms. The number of hydrogen-bond donors (Lipinski definition) is 2. The molecule has 0 aromatic carbocycles. The molecule has 0 aromatic heterocycles. The van der Waals surface area contributed by atoms with Crippen molar-refractivity contribution in [3.8, 4) is 0 Å². The first-order chi connectivity index (χ1) is 10.0. The third-order valence-corrected chi connectivity index (χ3v) is 5.62. The van der Waals surface area contributed by atoms with Crippen LogP contribution in [0.25, 0.3) is 0 Å². The standard InChI is InChI=1S/C18H36N2O/c1-4-19-17-7-9-18(2,3)12-16(17)14-20-10-5-6-15(13-20)8-11-21/h15-17,19,21H,4-14H2,1-3H3. The second-order valence-electron chi connectivity index (χ2n) is 8.11. The van der Waals surface area contributed by atoms with Crippen molar-refractivity contribution in [3.05, 3.63) is 0 Å². The molecule has 0 aromatic rings. The summed E-state index contributed by atoms with van der Waals surface area (Å²) in [6.07, 6.45) is 7.65. The molecule has 0 amide bonds. The average molecular weight is 296 g/mol. The Hall–Kier alpha value is -0.120. The van der Waals surface area contributed by atoms with Crippen LogP contribution in [-0.2, 0) is 0 Å². The van der Waals surface area contributed by atoms with Crippen LogP contribution in [0.2, 0.25) is 0 Å². The highest BCUT2D eigenvalue weighted by Crippen LogP contribution is 2.39. The highest BCUT2D eigenvalue weighted by molar-refractivity contribution is 4.90. The quantitative estimate of drug-likeness (QED) is 0.791. The van der Waals surface area contributed by atoms with Gasteiger partial charge < -0.3 is 15.3 Å². The van der Waals surface area contributed by atoms with Crippen molar-refractivity contribution in [2.45, 2.75) is 65.3 Å². The molecule has 2 aliphatic rings. The fourth-order valence-electron chi connectivity index (χ4n) is 4.53. The predicted octanol–water partition coefficient (Wildman–Crippen LogP) is 2.89. The number of aliphatic hydroxyl groups excluding tert-OH is 1. The van der Waals surface area contributed by atoms with Crippen molar-refractivity contribution in [1.82, 2.24) is 10.2 Å². The number of piperidine rings is 1. The molecular weight excluding hydrogens is 260 g/mol. The van der Waals surface area contributed by atoms with Crippen LogP contribution in [0.1, 0.15) is 59.3 Å². The van der Waals surface area contributed by atoms with Gasteiger partial charge in [-0.25, -0.2) is 0 Å². The van der Waals surface area contributed by atoms with Gasteiger partial charge >= 0.3 is 0 Å². The monoisotopic (exact) mass is 296 g/mol. The maximum Gasteiger partial charge on any atom is 0.0434 e. The van der Waals surface area contributed by atoms with Crippen LogP contribution < -0.4 is 5.32 Å². The largest absolute Gasteiger partial charge is 0.396 e. The summed E-state index contributed by atoms with van der Waals surface area (Å²) in [6.45, 7) is 12.3. The topological polar surface area (TPSA) is 35.5 Å². The molecule has 21 heavy (non-hydrogen) atoms. The van der Waals surface area contributed by atoms with Crippen LogP contribution in [-0.4, -0.2) is 48.8 Å². The molecule has 1 saturated heterocycles. The molecule has 1 saturated carbocycles. The molecule has 0 radical (unpaired) electrons. The smallest absolute Gasteiger partial charge is 0.0434 e. The normalized spacial score (nSPS) is 34.0. The molecule has 2 N–H and O–H groups in total. The van der Waals surface area contributed by atoms with E-state index in [1.54, 1.807) is 0 Å². The Morgan fingerprint density at radius 3 is 2.81 bits per heavy atom. The Morgan fingerprint density at radius 1 is 1.29 bits per heavy atom. The first kappa shape index (κ1) is 17.2. The highest BCUT2D eigenvalue weighted by Gasteiger charge is 2.35. The Kier molecular flexibility index (Phi) is 6.51. The summed E-state index contributed by atoms with van der Waals surface area (Å²) in [6, 6.07) is 0.709. The maximum absolute atomic E-state index is 9.18. The average Bonchev–Trinajstić information content (AvgIpc) is 2.42. The molecule has 124 valence electrons. The molecule has 0 bridgehead atoms. The molecular formula is C18H36N2O. The Morgan fingerprint density at radius 2 is 2.10 bits per heavy atom. The van der Waals surface area contributed by atoms with Crippen LogP contribution >= 0.6 is 0 Å². The second kappa shape index (κ2) is 7.94. The summed E-state index contributed by atoms with van der Waals surface area (Å²) in [5.74, 6) is 1.51. The molecule has 2 rings (SSSR count). The third kappa shape index (κ3) is 5.22. The third-order valence-electron chi connectivity index (χ3n) is 5.62. The van der Waals surface area contributed by atoms with Crippen molar-refractivity contribution in [2.75, 3.05) is 32.8 Å². The lowest BCUT2D eigenvalue weighted by Gasteiger charge is -2.44. The number of nitrogens with one attached hydrogen (secondary N) is 1.